The molecule has 1 aliphatic rings. The van der Waals surface area contributed by atoms with Crippen molar-refractivity contribution in [2.24, 2.45) is 0 Å². The zero-order valence-corrected chi connectivity index (χ0v) is 14.7. The SMILES string of the molecule is C[C@@H](OC(=O)[C@@H]1COc2ccccc2O1)C(=O)Nc1cccc(C(F)(F)F)c1. The number of alkyl halides is 3. The molecular weight excluding hydrogens is 379 g/mol. The van der Waals surface area contributed by atoms with Gasteiger partial charge < -0.3 is 19.5 Å². The summed E-state index contributed by atoms with van der Waals surface area (Å²) in [4.78, 5) is 24.4. The normalized spacial score (nSPS) is 16.8. The number of benzene rings is 2. The van der Waals surface area contributed by atoms with Gasteiger partial charge in [0.1, 0.15) is 6.61 Å². The lowest BCUT2D eigenvalue weighted by molar-refractivity contribution is -0.162. The number of anilines is 1. The Morgan fingerprint density at radius 1 is 1.14 bits per heavy atom. The molecule has 1 heterocycles. The van der Waals surface area contributed by atoms with Crippen molar-refractivity contribution in [1.29, 1.82) is 0 Å². The van der Waals surface area contributed by atoms with Gasteiger partial charge in [-0.15, -0.1) is 0 Å². The number of nitrogens with one attached hydrogen (secondary N) is 1. The van der Waals surface area contributed by atoms with Crippen LogP contribution in [0, 0.1) is 0 Å². The number of halogens is 3. The standard InChI is InChI=1S/C19H16F3NO5/c1-11(17(24)23-13-6-4-5-12(9-13)19(20,21)22)27-18(25)16-10-26-14-7-2-3-8-15(14)28-16/h2-9,11,16H,10H2,1H3,(H,23,24)/t11-,16+/m1/s1. The average Bonchev–Trinajstić information content (AvgIpc) is 2.67. The smallest absolute Gasteiger partial charge is 0.416 e. The zero-order chi connectivity index (χ0) is 20.3. The van der Waals surface area contributed by atoms with Crippen molar-refractivity contribution in [3.8, 4) is 11.5 Å². The van der Waals surface area contributed by atoms with Crippen LogP contribution in [0.25, 0.3) is 0 Å². The summed E-state index contributed by atoms with van der Waals surface area (Å²) in [6.45, 7) is 1.22. The van der Waals surface area contributed by atoms with Crippen molar-refractivity contribution < 1.29 is 37.0 Å². The number of esters is 1. The van der Waals surface area contributed by atoms with Crippen molar-refractivity contribution >= 4 is 17.6 Å². The molecule has 0 fully saturated rings. The minimum Gasteiger partial charge on any atom is -0.485 e. The molecule has 9 heteroatoms. The van der Waals surface area contributed by atoms with Crippen LogP contribution in [0.2, 0.25) is 0 Å². The highest BCUT2D eigenvalue weighted by Crippen LogP contribution is 2.32. The molecule has 2 aromatic rings. The van der Waals surface area contributed by atoms with E-state index in [2.05, 4.69) is 5.32 Å². The van der Waals surface area contributed by atoms with Gasteiger partial charge in [-0.2, -0.15) is 13.2 Å². The van der Waals surface area contributed by atoms with Gasteiger partial charge >= 0.3 is 12.1 Å². The second-order valence-corrected chi connectivity index (χ2v) is 6.01. The van der Waals surface area contributed by atoms with Crippen LogP contribution in [0.1, 0.15) is 12.5 Å². The number of para-hydroxylation sites is 2. The summed E-state index contributed by atoms with van der Waals surface area (Å²) in [7, 11) is 0. The van der Waals surface area contributed by atoms with Crippen molar-refractivity contribution in [3.05, 3.63) is 54.1 Å². The minimum atomic E-state index is -4.53. The maximum absolute atomic E-state index is 12.7. The number of amides is 1. The van der Waals surface area contributed by atoms with E-state index in [1.165, 1.54) is 19.1 Å². The van der Waals surface area contributed by atoms with Crippen LogP contribution in [-0.4, -0.2) is 30.7 Å². The Hall–Kier alpha value is -3.23. The Labute approximate surface area is 158 Å². The number of rotatable bonds is 4. The van der Waals surface area contributed by atoms with E-state index >= 15 is 0 Å². The van der Waals surface area contributed by atoms with Crippen molar-refractivity contribution in [3.63, 3.8) is 0 Å². The highest BCUT2D eigenvalue weighted by molar-refractivity contribution is 5.95. The molecule has 0 aliphatic carbocycles. The van der Waals surface area contributed by atoms with E-state index in [0.29, 0.717) is 11.5 Å². The average molecular weight is 395 g/mol. The topological polar surface area (TPSA) is 73.9 Å². The number of ether oxygens (including phenoxy) is 3. The predicted molar refractivity (Wildman–Crippen MR) is 92.0 cm³/mol. The Morgan fingerprint density at radius 3 is 2.57 bits per heavy atom. The van der Waals surface area contributed by atoms with Gasteiger partial charge in [0.15, 0.2) is 17.6 Å². The van der Waals surface area contributed by atoms with Crippen molar-refractivity contribution in [1.82, 2.24) is 0 Å². The van der Waals surface area contributed by atoms with E-state index in [-0.39, 0.29) is 12.3 Å². The van der Waals surface area contributed by atoms with E-state index in [4.69, 9.17) is 14.2 Å². The Morgan fingerprint density at radius 2 is 1.86 bits per heavy atom. The number of hydrogen-bond donors (Lipinski definition) is 1. The van der Waals surface area contributed by atoms with Gasteiger partial charge in [0.25, 0.3) is 5.91 Å². The summed E-state index contributed by atoms with van der Waals surface area (Å²) in [6.07, 6.45) is -6.84. The van der Waals surface area contributed by atoms with E-state index < -0.39 is 35.8 Å². The largest absolute Gasteiger partial charge is 0.485 e. The lowest BCUT2D eigenvalue weighted by Gasteiger charge is -2.25. The predicted octanol–water partition coefficient (Wildman–Crippen LogP) is 3.42. The molecule has 148 valence electrons. The van der Waals surface area contributed by atoms with Gasteiger partial charge in [-0.25, -0.2) is 4.79 Å². The number of carbonyl (C=O) groups is 2. The summed E-state index contributed by atoms with van der Waals surface area (Å²) in [5, 5.41) is 2.29. The molecule has 0 saturated carbocycles. The van der Waals surface area contributed by atoms with Gasteiger partial charge in [-0.05, 0) is 37.3 Å². The number of fused-ring (bicyclic) bond motifs is 1. The zero-order valence-electron chi connectivity index (χ0n) is 14.7. The van der Waals surface area contributed by atoms with Gasteiger partial charge in [-0.3, -0.25) is 4.79 Å². The third kappa shape index (κ3) is 4.54. The molecule has 0 aromatic heterocycles. The second-order valence-electron chi connectivity index (χ2n) is 6.01. The molecule has 0 unspecified atom stereocenters. The molecule has 3 rings (SSSR count). The lowest BCUT2D eigenvalue weighted by atomic mass is 10.2. The Balaban J connectivity index is 1.58. The summed E-state index contributed by atoms with van der Waals surface area (Å²) in [5.74, 6) is -0.732. The van der Waals surface area contributed by atoms with Crippen LogP contribution in [-0.2, 0) is 20.5 Å². The van der Waals surface area contributed by atoms with E-state index in [0.717, 1.165) is 12.1 Å². The summed E-state index contributed by atoms with van der Waals surface area (Å²) >= 11 is 0. The number of carbonyl (C=O) groups excluding carboxylic acids is 2. The van der Waals surface area contributed by atoms with Crippen LogP contribution >= 0.6 is 0 Å². The van der Waals surface area contributed by atoms with Crippen LogP contribution in [0.3, 0.4) is 0 Å². The highest BCUT2D eigenvalue weighted by Gasteiger charge is 2.32. The first-order valence-electron chi connectivity index (χ1n) is 8.31. The van der Waals surface area contributed by atoms with Gasteiger partial charge in [0, 0.05) is 5.69 Å². The van der Waals surface area contributed by atoms with Gasteiger partial charge in [-0.1, -0.05) is 18.2 Å². The number of hydrogen-bond acceptors (Lipinski definition) is 5. The van der Waals surface area contributed by atoms with E-state index in [1.807, 2.05) is 0 Å². The molecular formula is C19H16F3NO5. The Kier molecular flexibility index (Phi) is 5.43. The third-order valence-corrected chi connectivity index (χ3v) is 3.89. The quantitative estimate of drug-likeness (QED) is 0.804. The monoisotopic (exact) mass is 395 g/mol. The molecule has 28 heavy (non-hydrogen) atoms. The summed E-state index contributed by atoms with van der Waals surface area (Å²) < 4.78 is 54.2. The molecule has 0 saturated heterocycles. The summed E-state index contributed by atoms with van der Waals surface area (Å²) in [5.41, 5.74) is -0.963. The summed E-state index contributed by atoms with van der Waals surface area (Å²) in [6, 6.07) is 10.9. The van der Waals surface area contributed by atoms with Crippen LogP contribution < -0.4 is 14.8 Å². The molecule has 2 atom stereocenters. The fraction of sp³-hybridized carbons (Fsp3) is 0.263. The molecule has 2 aromatic carbocycles. The van der Waals surface area contributed by atoms with Gasteiger partial charge in [0.2, 0.25) is 6.10 Å². The van der Waals surface area contributed by atoms with Crippen molar-refractivity contribution in [2.75, 3.05) is 11.9 Å². The van der Waals surface area contributed by atoms with Crippen LogP contribution in [0.15, 0.2) is 48.5 Å². The Bertz CT molecular complexity index is 884. The van der Waals surface area contributed by atoms with Crippen molar-refractivity contribution in [2.45, 2.75) is 25.3 Å². The fourth-order valence-electron chi connectivity index (χ4n) is 2.46. The first kappa shape index (κ1) is 19.5. The third-order valence-electron chi connectivity index (χ3n) is 3.89. The fourth-order valence-corrected chi connectivity index (χ4v) is 2.46. The molecule has 0 spiro atoms. The molecule has 1 amide bonds. The molecule has 0 radical (unpaired) electrons. The molecule has 1 aliphatic heterocycles. The maximum Gasteiger partial charge on any atom is 0.416 e. The van der Waals surface area contributed by atoms with E-state index in [1.54, 1.807) is 24.3 Å². The van der Waals surface area contributed by atoms with Crippen LogP contribution in [0.5, 0.6) is 11.5 Å². The highest BCUT2D eigenvalue weighted by atomic mass is 19.4. The first-order valence-corrected chi connectivity index (χ1v) is 8.31. The molecule has 6 nitrogen and oxygen atoms in total. The van der Waals surface area contributed by atoms with Gasteiger partial charge in [0.05, 0.1) is 5.56 Å². The minimum absolute atomic E-state index is 0.0612. The van der Waals surface area contributed by atoms with Crippen LogP contribution in [0.4, 0.5) is 18.9 Å². The second kappa shape index (κ2) is 7.79. The molecule has 1 N–H and O–H groups in total. The molecule has 0 bridgehead atoms. The lowest BCUT2D eigenvalue weighted by Crippen LogP contribution is -2.41. The first-order chi connectivity index (χ1) is 13.2. The maximum atomic E-state index is 12.7. The van der Waals surface area contributed by atoms with E-state index in [9.17, 15) is 22.8 Å².